The minimum absolute atomic E-state index is 0.00910. The molecule has 2 aromatic heterocycles. The van der Waals surface area contributed by atoms with Crippen LogP contribution in [-0.4, -0.2) is 60.5 Å². The van der Waals surface area contributed by atoms with E-state index in [1.807, 2.05) is 6.07 Å². The van der Waals surface area contributed by atoms with Crippen LogP contribution in [0.3, 0.4) is 0 Å². The van der Waals surface area contributed by atoms with E-state index in [-0.39, 0.29) is 17.7 Å². The fourth-order valence-electron chi connectivity index (χ4n) is 3.54. The summed E-state index contributed by atoms with van der Waals surface area (Å²) in [7, 11) is 3.33. The Kier molecular flexibility index (Phi) is 5.35. The molecule has 0 aliphatic carbocycles. The van der Waals surface area contributed by atoms with Crippen molar-refractivity contribution in [1.29, 1.82) is 0 Å². The van der Waals surface area contributed by atoms with E-state index >= 15 is 0 Å². The lowest BCUT2D eigenvalue weighted by Crippen LogP contribution is -2.55. The maximum Gasteiger partial charge on any atom is 0.235 e. The third kappa shape index (κ3) is 3.76. The van der Waals surface area contributed by atoms with E-state index in [1.54, 1.807) is 30.2 Å². The zero-order valence-electron chi connectivity index (χ0n) is 16.5. The van der Waals surface area contributed by atoms with Crippen molar-refractivity contribution in [3.63, 3.8) is 0 Å². The first-order valence-corrected chi connectivity index (χ1v) is 10.5. The van der Waals surface area contributed by atoms with Crippen molar-refractivity contribution in [2.75, 3.05) is 43.6 Å². The second kappa shape index (κ2) is 7.79. The van der Waals surface area contributed by atoms with Gasteiger partial charge in [-0.25, -0.2) is 9.97 Å². The third-order valence-electron chi connectivity index (χ3n) is 5.39. The number of carbonyl (C=O) groups is 2. The van der Waals surface area contributed by atoms with E-state index in [0.717, 1.165) is 29.2 Å². The topological polar surface area (TPSA) is 78.9 Å². The number of aromatic nitrogens is 2. The summed E-state index contributed by atoms with van der Waals surface area (Å²) in [5, 5.41) is 1.04. The molecule has 0 spiro atoms. The fourth-order valence-corrected chi connectivity index (χ4v) is 4.81. The van der Waals surface area contributed by atoms with Crippen molar-refractivity contribution in [2.45, 2.75) is 19.9 Å². The number of methoxy groups -OCH3 is 1. The first-order chi connectivity index (χ1) is 13.9. The van der Waals surface area contributed by atoms with Gasteiger partial charge in [0.15, 0.2) is 16.0 Å². The van der Waals surface area contributed by atoms with Crippen LogP contribution in [0.2, 0.25) is 5.15 Å². The number of pyridine rings is 1. The van der Waals surface area contributed by atoms with Crippen LogP contribution in [-0.2, 0) is 22.6 Å². The molecule has 0 N–H and O–H groups in total. The summed E-state index contributed by atoms with van der Waals surface area (Å²) in [6.45, 7) is 4.00. The van der Waals surface area contributed by atoms with Gasteiger partial charge in [-0.2, -0.15) is 0 Å². The van der Waals surface area contributed by atoms with Gasteiger partial charge in [-0.15, -0.1) is 0 Å². The molecule has 0 unspecified atom stereocenters. The lowest BCUT2D eigenvalue weighted by Gasteiger charge is -2.38. The molecule has 0 radical (unpaired) electrons. The van der Waals surface area contributed by atoms with Crippen molar-refractivity contribution in [3.05, 3.63) is 28.0 Å². The standard InChI is InChI=1S/C19H22ClN5O3S/c1-11(26)25-8-12(9-25)18(27)23(2)19-22-14-4-5-24(10-16(14)29-19)13-6-15(28-3)17(20)21-7-13/h6-7,12H,4-5,8-10H2,1-3H3. The minimum atomic E-state index is -0.145. The summed E-state index contributed by atoms with van der Waals surface area (Å²) in [5.41, 5.74) is 1.98. The third-order valence-corrected chi connectivity index (χ3v) is 6.83. The SMILES string of the molecule is COc1cc(N2CCc3nc(N(C)C(=O)C4CN(C(C)=O)C4)sc3C2)cnc1Cl. The number of ether oxygens (including phenoxy) is 1. The average Bonchev–Trinajstić information content (AvgIpc) is 3.09. The fraction of sp³-hybridized carbons (Fsp3) is 0.474. The van der Waals surface area contributed by atoms with E-state index in [1.165, 1.54) is 18.3 Å². The number of rotatable bonds is 4. The Bertz CT molecular complexity index is 959. The summed E-state index contributed by atoms with van der Waals surface area (Å²) in [4.78, 5) is 39.6. The molecular weight excluding hydrogens is 414 g/mol. The highest BCUT2D eigenvalue weighted by Gasteiger charge is 2.37. The van der Waals surface area contributed by atoms with E-state index in [9.17, 15) is 9.59 Å². The summed E-state index contributed by atoms with van der Waals surface area (Å²) in [6.07, 6.45) is 2.53. The number of fused-ring (bicyclic) bond motifs is 1. The van der Waals surface area contributed by atoms with Crippen molar-refractivity contribution in [2.24, 2.45) is 5.92 Å². The van der Waals surface area contributed by atoms with Crippen LogP contribution in [0.15, 0.2) is 12.3 Å². The van der Waals surface area contributed by atoms with Gasteiger partial charge in [-0.05, 0) is 0 Å². The predicted molar refractivity (Wildman–Crippen MR) is 112 cm³/mol. The van der Waals surface area contributed by atoms with Gasteiger partial charge >= 0.3 is 0 Å². The van der Waals surface area contributed by atoms with E-state index in [0.29, 0.717) is 35.7 Å². The maximum absolute atomic E-state index is 12.7. The summed E-state index contributed by atoms with van der Waals surface area (Å²) in [5.74, 6) is 0.422. The van der Waals surface area contributed by atoms with Crippen molar-refractivity contribution in [1.82, 2.24) is 14.9 Å². The molecule has 0 bridgehead atoms. The quantitative estimate of drug-likeness (QED) is 0.685. The molecule has 0 atom stereocenters. The number of hydrogen-bond acceptors (Lipinski definition) is 7. The highest BCUT2D eigenvalue weighted by molar-refractivity contribution is 7.16. The van der Waals surface area contributed by atoms with Crippen LogP contribution in [0.5, 0.6) is 5.75 Å². The Balaban J connectivity index is 1.46. The van der Waals surface area contributed by atoms with Gasteiger partial charge in [0, 0.05) is 51.0 Å². The van der Waals surface area contributed by atoms with Gasteiger partial charge in [-0.1, -0.05) is 22.9 Å². The largest absolute Gasteiger partial charge is 0.493 e. The molecular formula is C19H22ClN5O3S. The zero-order valence-corrected chi connectivity index (χ0v) is 18.1. The lowest BCUT2D eigenvalue weighted by atomic mass is 9.99. The Morgan fingerprint density at radius 2 is 2.14 bits per heavy atom. The Morgan fingerprint density at radius 3 is 2.83 bits per heavy atom. The molecule has 2 aliphatic heterocycles. The van der Waals surface area contributed by atoms with Crippen molar-refractivity contribution >= 4 is 45.6 Å². The van der Waals surface area contributed by atoms with Crippen molar-refractivity contribution < 1.29 is 14.3 Å². The van der Waals surface area contributed by atoms with Crippen LogP contribution < -0.4 is 14.5 Å². The number of carbonyl (C=O) groups excluding carboxylic acids is 2. The number of thiazole rings is 1. The molecule has 0 saturated carbocycles. The second-order valence-electron chi connectivity index (χ2n) is 7.24. The predicted octanol–water partition coefficient (Wildman–Crippen LogP) is 2.20. The molecule has 2 amide bonds. The van der Waals surface area contributed by atoms with Crippen LogP contribution in [0, 0.1) is 5.92 Å². The van der Waals surface area contributed by atoms with Gasteiger partial charge in [0.25, 0.3) is 0 Å². The summed E-state index contributed by atoms with van der Waals surface area (Å²) in [6, 6.07) is 1.88. The minimum Gasteiger partial charge on any atom is -0.493 e. The molecule has 154 valence electrons. The Morgan fingerprint density at radius 1 is 1.38 bits per heavy atom. The van der Waals surface area contributed by atoms with E-state index in [4.69, 9.17) is 21.3 Å². The maximum atomic E-state index is 12.7. The van der Waals surface area contributed by atoms with Gasteiger partial charge in [0.2, 0.25) is 11.8 Å². The molecule has 8 nitrogen and oxygen atoms in total. The molecule has 2 aliphatic rings. The average molecular weight is 436 g/mol. The first kappa shape index (κ1) is 19.9. The molecule has 10 heteroatoms. The van der Waals surface area contributed by atoms with Crippen LogP contribution in [0.4, 0.5) is 10.8 Å². The number of nitrogens with zero attached hydrogens (tertiary/aromatic N) is 5. The number of likely N-dealkylation sites (tertiary alicyclic amines) is 1. The second-order valence-corrected chi connectivity index (χ2v) is 8.66. The summed E-state index contributed by atoms with van der Waals surface area (Å²) < 4.78 is 5.27. The first-order valence-electron chi connectivity index (χ1n) is 9.33. The van der Waals surface area contributed by atoms with Crippen LogP contribution in [0.1, 0.15) is 17.5 Å². The van der Waals surface area contributed by atoms with Crippen molar-refractivity contribution in [3.8, 4) is 5.75 Å². The van der Waals surface area contributed by atoms with Crippen LogP contribution >= 0.6 is 22.9 Å². The summed E-state index contributed by atoms with van der Waals surface area (Å²) >= 11 is 7.57. The van der Waals surface area contributed by atoms with Crippen LogP contribution in [0.25, 0.3) is 0 Å². The van der Waals surface area contributed by atoms with Gasteiger partial charge in [0.1, 0.15) is 0 Å². The monoisotopic (exact) mass is 435 g/mol. The highest BCUT2D eigenvalue weighted by Crippen LogP contribution is 2.35. The Hall–Kier alpha value is -2.39. The molecule has 4 rings (SSSR count). The molecule has 1 saturated heterocycles. The van der Waals surface area contributed by atoms with E-state index in [2.05, 4.69) is 9.88 Å². The highest BCUT2D eigenvalue weighted by atomic mass is 35.5. The Labute approximate surface area is 178 Å². The molecule has 29 heavy (non-hydrogen) atoms. The normalized spacial score (nSPS) is 16.3. The molecule has 0 aromatic carbocycles. The number of amides is 2. The molecule has 4 heterocycles. The number of anilines is 2. The smallest absolute Gasteiger partial charge is 0.235 e. The number of hydrogen-bond donors (Lipinski definition) is 0. The zero-order chi connectivity index (χ0) is 20.7. The van der Waals surface area contributed by atoms with Gasteiger partial charge in [-0.3, -0.25) is 14.5 Å². The van der Waals surface area contributed by atoms with Gasteiger partial charge < -0.3 is 14.5 Å². The molecule has 1 fully saturated rings. The van der Waals surface area contributed by atoms with E-state index < -0.39 is 0 Å². The molecule has 2 aromatic rings. The number of halogens is 1. The van der Waals surface area contributed by atoms with Gasteiger partial charge in [0.05, 0.1) is 37.2 Å². The lowest BCUT2D eigenvalue weighted by molar-refractivity contribution is -0.140.